The molecule has 27 heavy (non-hydrogen) atoms. The second kappa shape index (κ2) is 9.53. The highest BCUT2D eigenvalue weighted by atomic mass is 35.5. The van der Waals surface area contributed by atoms with Gasteiger partial charge in [0.15, 0.2) is 0 Å². The van der Waals surface area contributed by atoms with Gasteiger partial charge < -0.3 is 19.8 Å². The molecule has 2 aromatic rings. The zero-order valence-corrected chi connectivity index (χ0v) is 16.2. The number of ether oxygens (including phenoxy) is 2. The fourth-order valence-electron chi connectivity index (χ4n) is 3.38. The molecule has 3 atom stereocenters. The molecule has 3 unspecified atom stereocenters. The van der Waals surface area contributed by atoms with E-state index in [0.29, 0.717) is 37.3 Å². The summed E-state index contributed by atoms with van der Waals surface area (Å²) < 4.78 is 11.4. The number of nitrogens with one attached hydrogen (secondary N) is 1. The van der Waals surface area contributed by atoms with Crippen molar-refractivity contribution in [2.75, 3.05) is 6.61 Å². The van der Waals surface area contributed by atoms with Gasteiger partial charge in [0.2, 0.25) is 0 Å². The third-order valence-corrected chi connectivity index (χ3v) is 5.16. The summed E-state index contributed by atoms with van der Waals surface area (Å²) >= 11 is 6.42. The molecule has 0 amide bonds. The molecule has 0 bridgehead atoms. The quantitative estimate of drug-likeness (QED) is 0.642. The Morgan fingerprint density at radius 1 is 1.19 bits per heavy atom. The molecule has 146 valence electrons. The van der Waals surface area contributed by atoms with Gasteiger partial charge in [-0.2, -0.15) is 5.48 Å². The second-order valence-corrected chi connectivity index (χ2v) is 7.22. The van der Waals surface area contributed by atoms with Crippen LogP contribution in [0.2, 0.25) is 5.02 Å². The average molecular weight is 392 g/mol. The lowest BCUT2D eigenvalue weighted by Gasteiger charge is -2.21. The van der Waals surface area contributed by atoms with Gasteiger partial charge in [0, 0.05) is 11.4 Å². The van der Waals surface area contributed by atoms with Crippen molar-refractivity contribution in [1.29, 1.82) is 0 Å². The molecule has 0 spiro atoms. The Morgan fingerprint density at radius 2 is 1.96 bits per heavy atom. The van der Waals surface area contributed by atoms with Crippen molar-refractivity contribution in [3.63, 3.8) is 0 Å². The predicted molar refractivity (Wildman–Crippen MR) is 104 cm³/mol. The van der Waals surface area contributed by atoms with E-state index in [9.17, 15) is 10.3 Å². The third kappa shape index (κ3) is 5.43. The van der Waals surface area contributed by atoms with Crippen LogP contribution in [-0.4, -0.2) is 29.3 Å². The standard InChI is InChI=1S/C21H26ClNO4/c1-2-26-18-7-3-14(4-8-18)11-16-12-15(5-9-19(16)22)20-10-6-17(24)13-21(23-25)27-20/h3-5,7-9,12,17,20-21,23-25H,2,6,10-11,13H2,1H3. The highest BCUT2D eigenvalue weighted by Crippen LogP contribution is 2.32. The van der Waals surface area contributed by atoms with Crippen LogP contribution < -0.4 is 10.2 Å². The van der Waals surface area contributed by atoms with Crippen LogP contribution in [0.25, 0.3) is 0 Å². The Hall–Kier alpha value is -1.63. The van der Waals surface area contributed by atoms with Crippen molar-refractivity contribution in [3.8, 4) is 5.75 Å². The van der Waals surface area contributed by atoms with E-state index < -0.39 is 12.3 Å². The molecule has 1 aliphatic rings. The van der Waals surface area contributed by atoms with Crippen molar-refractivity contribution in [2.45, 2.75) is 51.0 Å². The topological polar surface area (TPSA) is 71.0 Å². The van der Waals surface area contributed by atoms with E-state index in [1.807, 2.05) is 43.3 Å². The first-order valence-corrected chi connectivity index (χ1v) is 9.70. The highest BCUT2D eigenvalue weighted by Gasteiger charge is 2.26. The van der Waals surface area contributed by atoms with Gasteiger partial charge in [0.05, 0.1) is 18.8 Å². The van der Waals surface area contributed by atoms with Gasteiger partial charge in [-0.1, -0.05) is 35.9 Å². The molecule has 0 saturated carbocycles. The van der Waals surface area contributed by atoms with Gasteiger partial charge in [-0.3, -0.25) is 0 Å². The van der Waals surface area contributed by atoms with Crippen LogP contribution in [0.15, 0.2) is 42.5 Å². The van der Waals surface area contributed by atoms with Crippen LogP contribution in [0, 0.1) is 0 Å². The fourth-order valence-corrected chi connectivity index (χ4v) is 3.56. The van der Waals surface area contributed by atoms with Crippen LogP contribution in [0.4, 0.5) is 0 Å². The number of hydrogen-bond acceptors (Lipinski definition) is 5. The number of rotatable bonds is 6. The molecule has 6 heteroatoms. The summed E-state index contributed by atoms with van der Waals surface area (Å²) in [6.45, 7) is 2.61. The lowest BCUT2D eigenvalue weighted by atomic mass is 9.98. The average Bonchev–Trinajstić information content (AvgIpc) is 2.87. The molecule has 1 saturated heterocycles. The van der Waals surface area contributed by atoms with Crippen molar-refractivity contribution in [1.82, 2.24) is 5.48 Å². The third-order valence-electron chi connectivity index (χ3n) is 4.79. The monoisotopic (exact) mass is 391 g/mol. The summed E-state index contributed by atoms with van der Waals surface area (Å²) in [6.07, 6.45) is 1.09. The minimum atomic E-state index is -0.585. The minimum Gasteiger partial charge on any atom is -0.494 e. The Bertz CT molecular complexity index is 737. The van der Waals surface area contributed by atoms with Crippen molar-refractivity contribution < 1.29 is 19.8 Å². The summed E-state index contributed by atoms with van der Waals surface area (Å²) in [5.74, 6) is 0.856. The Kier molecular flexibility index (Phi) is 7.10. The Balaban J connectivity index is 1.77. The van der Waals surface area contributed by atoms with E-state index in [1.54, 1.807) is 0 Å². The molecule has 0 aliphatic carbocycles. The molecule has 0 radical (unpaired) electrons. The zero-order chi connectivity index (χ0) is 19.2. The molecule has 0 aromatic heterocycles. The SMILES string of the molecule is CCOc1ccc(Cc2cc(C3CCC(O)CC(NO)O3)ccc2Cl)cc1. The Labute approximate surface area is 164 Å². The molecule has 1 fully saturated rings. The van der Waals surface area contributed by atoms with Gasteiger partial charge in [-0.05, 0) is 61.1 Å². The van der Waals surface area contributed by atoms with Crippen LogP contribution in [-0.2, 0) is 11.2 Å². The van der Waals surface area contributed by atoms with Crippen molar-refractivity contribution in [2.24, 2.45) is 0 Å². The molecule has 5 nitrogen and oxygen atoms in total. The van der Waals surface area contributed by atoms with Gasteiger partial charge in [0.1, 0.15) is 12.0 Å². The van der Waals surface area contributed by atoms with E-state index in [1.165, 1.54) is 0 Å². The first-order chi connectivity index (χ1) is 13.1. The van der Waals surface area contributed by atoms with Crippen LogP contribution in [0.3, 0.4) is 0 Å². The maximum absolute atomic E-state index is 9.95. The second-order valence-electron chi connectivity index (χ2n) is 6.81. The number of benzene rings is 2. The molecule has 3 N–H and O–H groups in total. The molecule has 3 rings (SSSR count). The van der Waals surface area contributed by atoms with Crippen LogP contribution in [0.5, 0.6) is 5.75 Å². The molecule has 1 heterocycles. The molecular weight excluding hydrogens is 366 g/mol. The van der Waals surface area contributed by atoms with Crippen LogP contribution in [0.1, 0.15) is 49.0 Å². The van der Waals surface area contributed by atoms with Crippen molar-refractivity contribution in [3.05, 3.63) is 64.2 Å². The van der Waals surface area contributed by atoms with Crippen molar-refractivity contribution >= 4 is 11.6 Å². The maximum atomic E-state index is 9.95. The summed E-state index contributed by atoms with van der Waals surface area (Å²) in [6, 6.07) is 13.9. The lowest BCUT2D eigenvalue weighted by molar-refractivity contribution is -0.0939. The summed E-state index contributed by atoms with van der Waals surface area (Å²) in [4.78, 5) is 0. The predicted octanol–water partition coefficient (Wildman–Crippen LogP) is 4.24. The van der Waals surface area contributed by atoms with Gasteiger partial charge in [-0.25, -0.2) is 0 Å². The zero-order valence-electron chi connectivity index (χ0n) is 15.4. The molecule has 1 aliphatic heterocycles. The first kappa shape index (κ1) is 20.1. The van der Waals surface area contributed by atoms with E-state index >= 15 is 0 Å². The number of hydrogen-bond donors (Lipinski definition) is 3. The van der Waals surface area contributed by atoms with E-state index in [-0.39, 0.29) is 6.10 Å². The molecular formula is C21H26ClNO4. The summed E-state index contributed by atoms with van der Waals surface area (Å²) in [5, 5.41) is 19.9. The first-order valence-electron chi connectivity index (χ1n) is 9.32. The van der Waals surface area contributed by atoms with E-state index in [0.717, 1.165) is 22.4 Å². The Morgan fingerprint density at radius 3 is 2.67 bits per heavy atom. The van der Waals surface area contributed by atoms with E-state index in [2.05, 4.69) is 11.5 Å². The normalized spacial score (nSPS) is 23.0. The maximum Gasteiger partial charge on any atom is 0.133 e. The fraction of sp³-hybridized carbons (Fsp3) is 0.429. The lowest BCUT2D eigenvalue weighted by Crippen LogP contribution is -2.31. The molecule has 2 aromatic carbocycles. The van der Waals surface area contributed by atoms with E-state index in [4.69, 9.17) is 21.1 Å². The smallest absolute Gasteiger partial charge is 0.133 e. The number of aliphatic hydroxyl groups is 1. The summed E-state index contributed by atoms with van der Waals surface area (Å²) in [7, 11) is 0. The largest absolute Gasteiger partial charge is 0.494 e. The van der Waals surface area contributed by atoms with Gasteiger partial charge in [-0.15, -0.1) is 0 Å². The highest BCUT2D eigenvalue weighted by molar-refractivity contribution is 6.31. The number of aliphatic hydroxyl groups excluding tert-OH is 1. The van der Waals surface area contributed by atoms with Gasteiger partial charge in [0.25, 0.3) is 0 Å². The van der Waals surface area contributed by atoms with Crippen LogP contribution >= 0.6 is 11.6 Å². The summed E-state index contributed by atoms with van der Waals surface area (Å²) in [5.41, 5.74) is 5.29. The number of halogens is 1. The minimum absolute atomic E-state index is 0.205. The number of hydroxylamine groups is 1. The van der Waals surface area contributed by atoms with Gasteiger partial charge >= 0.3 is 0 Å².